The van der Waals surface area contributed by atoms with E-state index in [1.54, 1.807) is 10.9 Å². The summed E-state index contributed by atoms with van der Waals surface area (Å²) < 4.78 is 3.65. The van der Waals surface area contributed by atoms with E-state index in [2.05, 4.69) is 45.2 Å². The van der Waals surface area contributed by atoms with Crippen LogP contribution in [0.15, 0.2) is 49.2 Å². The normalized spacial score (nSPS) is 18.4. The summed E-state index contributed by atoms with van der Waals surface area (Å²) in [5.74, 6) is 1.05. The molecule has 32 heavy (non-hydrogen) atoms. The van der Waals surface area contributed by atoms with Crippen LogP contribution in [0.4, 0.5) is 11.5 Å². The Morgan fingerprint density at radius 1 is 0.906 bits per heavy atom. The fraction of sp³-hybridized carbons (Fsp3) is 0.375. The minimum atomic E-state index is 0.489. The fourth-order valence-corrected chi connectivity index (χ4v) is 5.16. The predicted octanol–water partition coefficient (Wildman–Crippen LogP) is 2.91. The van der Waals surface area contributed by atoms with Crippen molar-refractivity contribution >= 4 is 17.0 Å². The Balaban J connectivity index is 1.30. The highest BCUT2D eigenvalue weighted by Gasteiger charge is 2.44. The van der Waals surface area contributed by atoms with E-state index < -0.39 is 0 Å². The van der Waals surface area contributed by atoms with Crippen molar-refractivity contribution in [3.05, 3.63) is 49.2 Å². The first-order valence-corrected chi connectivity index (χ1v) is 11.2. The lowest BCUT2D eigenvalue weighted by Gasteiger charge is -2.54. The molecule has 0 atom stereocenters. The van der Waals surface area contributed by atoms with E-state index in [1.165, 1.54) is 25.9 Å². The monoisotopic (exact) mass is 428 g/mol. The van der Waals surface area contributed by atoms with Gasteiger partial charge < -0.3 is 15.5 Å². The molecular formula is C24H28N8. The smallest absolute Gasteiger partial charge is 0.128 e. The number of anilines is 2. The van der Waals surface area contributed by atoms with E-state index in [0.717, 1.165) is 46.7 Å². The number of hydrogen-bond acceptors (Lipinski definition) is 6. The van der Waals surface area contributed by atoms with Gasteiger partial charge in [0.15, 0.2) is 0 Å². The number of nitrogens with zero attached hydrogens (tertiary/aromatic N) is 7. The molecule has 6 rings (SSSR count). The maximum absolute atomic E-state index is 6.27. The quantitative estimate of drug-likeness (QED) is 0.540. The molecule has 2 fully saturated rings. The van der Waals surface area contributed by atoms with Gasteiger partial charge in [0.2, 0.25) is 0 Å². The molecule has 8 heteroatoms. The fourth-order valence-electron chi connectivity index (χ4n) is 5.16. The van der Waals surface area contributed by atoms with Gasteiger partial charge in [0, 0.05) is 66.4 Å². The van der Waals surface area contributed by atoms with Crippen LogP contribution in [-0.4, -0.2) is 62.5 Å². The molecule has 2 N–H and O–H groups in total. The first-order chi connectivity index (χ1) is 15.5. The van der Waals surface area contributed by atoms with Gasteiger partial charge >= 0.3 is 0 Å². The molecule has 4 aromatic heterocycles. The van der Waals surface area contributed by atoms with Gasteiger partial charge in [0.25, 0.3) is 0 Å². The van der Waals surface area contributed by atoms with Gasteiger partial charge in [-0.3, -0.25) is 4.68 Å². The largest absolute Gasteiger partial charge is 0.396 e. The van der Waals surface area contributed by atoms with Crippen LogP contribution in [0.5, 0.6) is 0 Å². The van der Waals surface area contributed by atoms with Crippen molar-refractivity contribution in [2.24, 2.45) is 12.5 Å². The standard InChI is InChI=1S/C24H28N8/c1-29-7-5-24(6-8-29)15-31(16-24)22-4-3-17(10-26-22)20-9-18(19-11-27-30(2)13-19)14-32-23(20)21(25)12-28-32/h3-4,9-14H,5-8,15-16,25H2,1-2H3. The molecule has 1 spiro atoms. The zero-order chi connectivity index (χ0) is 21.9. The molecule has 0 amide bonds. The Labute approximate surface area is 187 Å². The summed E-state index contributed by atoms with van der Waals surface area (Å²) in [5, 5.41) is 8.76. The molecule has 2 aliphatic rings. The van der Waals surface area contributed by atoms with E-state index in [-0.39, 0.29) is 0 Å². The van der Waals surface area contributed by atoms with Crippen LogP contribution < -0.4 is 10.6 Å². The van der Waals surface area contributed by atoms with Crippen molar-refractivity contribution in [1.29, 1.82) is 0 Å². The molecule has 164 valence electrons. The molecule has 2 aliphatic heterocycles. The summed E-state index contributed by atoms with van der Waals surface area (Å²) in [6, 6.07) is 6.44. The molecule has 0 bridgehead atoms. The topological polar surface area (TPSA) is 80.5 Å². The van der Waals surface area contributed by atoms with Crippen molar-refractivity contribution in [3.63, 3.8) is 0 Å². The minimum Gasteiger partial charge on any atom is -0.396 e. The summed E-state index contributed by atoms with van der Waals surface area (Å²) in [6.07, 6.45) is 12.1. The highest BCUT2D eigenvalue weighted by molar-refractivity contribution is 5.91. The summed E-state index contributed by atoms with van der Waals surface area (Å²) in [6.45, 7) is 4.64. The molecule has 0 saturated carbocycles. The number of piperidine rings is 1. The summed E-state index contributed by atoms with van der Waals surface area (Å²) in [4.78, 5) is 9.67. The zero-order valence-corrected chi connectivity index (χ0v) is 18.6. The molecule has 0 aliphatic carbocycles. The highest BCUT2D eigenvalue weighted by atomic mass is 15.3. The molecule has 8 nitrogen and oxygen atoms in total. The SMILES string of the molecule is CN1CCC2(CC1)CN(c1ccc(-c3cc(-c4cnn(C)c4)cn4ncc(N)c34)cn1)C2. The van der Waals surface area contributed by atoms with Gasteiger partial charge in [-0.25, -0.2) is 9.50 Å². The summed E-state index contributed by atoms with van der Waals surface area (Å²) in [7, 11) is 4.14. The summed E-state index contributed by atoms with van der Waals surface area (Å²) >= 11 is 0. The van der Waals surface area contributed by atoms with Gasteiger partial charge in [0.1, 0.15) is 5.82 Å². The first-order valence-electron chi connectivity index (χ1n) is 11.2. The number of pyridine rings is 2. The van der Waals surface area contributed by atoms with Crippen molar-refractivity contribution in [2.75, 3.05) is 43.9 Å². The molecule has 0 aromatic carbocycles. The van der Waals surface area contributed by atoms with E-state index >= 15 is 0 Å². The van der Waals surface area contributed by atoms with Crippen LogP contribution in [0.2, 0.25) is 0 Å². The van der Waals surface area contributed by atoms with Gasteiger partial charge in [0.05, 0.1) is 23.6 Å². The van der Waals surface area contributed by atoms with Crippen LogP contribution in [0.25, 0.3) is 27.8 Å². The van der Waals surface area contributed by atoms with Gasteiger partial charge in [-0.15, -0.1) is 0 Å². The van der Waals surface area contributed by atoms with Crippen LogP contribution in [0, 0.1) is 5.41 Å². The Hall–Kier alpha value is -3.39. The highest BCUT2D eigenvalue weighted by Crippen LogP contribution is 2.42. The maximum Gasteiger partial charge on any atom is 0.128 e. The third kappa shape index (κ3) is 3.14. The van der Waals surface area contributed by atoms with Crippen molar-refractivity contribution in [2.45, 2.75) is 12.8 Å². The van der Waals surface area contributed by atoms with E-state index in [0.29, 0.717) is 11.1 Å². The molecule has 4 aromatic rings. The average Bonchev–Trinajstić information content (AvgIpc) is 3.38. The van der Waals surface area contributed by atoms with Crippen LogP contribution in [-0.2, 0) is 7.05 Å². The first kappa shape index (κ1) is 19.3. The lowest BCUT2D eigenvalue weighted by Crippen LogP contribution is -2.60. The second-order valence-corrected chi connectivity index (χ2v) is 9.50. The number of fused-ring (bicyclic) bond motifs is 1. The lowest BCUT2D eigenvalue weighted by molar-refractivity contribution is 0.0901. The molecule has 2 saturated heterocycles. The van der Waals surface area contributed by atoms with Gasteiger partial charge in [-0.1, -0.05) is 0 Å². The van der Waals surface area contributed by atoms with Gasteiger partial charge in [-0.2, -0.15) is 10.2 Å². The minimum absolute atomic E-state index is 0.489. The number of likely N-dealkylation sites (tertiary alicyclic amines) is 1. The maximum atomic E-state index is 6.27. The van der Waals surface area contributed by atoms with Crippen LogP contribution >= 0.6 is 0 Å². The van der Waals surface area contributed by atoms with Crippen molar-refractivity contribution < 1.29 is 0 Å². The van der Waals surface area contributed by atoms with E-state index in [4.69, 9.17) is 10.7 Å². The second kappa shape index (κ2) is 7.06. The Morgan fingerprint density at radius 3 is 2.41 bits per heavy atom. The number of aryl methyl sites for hydroxylation is 1. The Kier molecular flexibility index (Phi) is 4.26. The molecule has 0 unspecified atom stereocenters. The molecule has 6 heterocycles. The second-order valence-electron chi connectivity index (χ2n) is 9.50. The van der Waals surface area contributed by atoms with Crippen LogP contribution in [0.3, 0.4) is 0 Å². The van der Waals surface area contributed by atoms with Crippen molar-refractivity contribution in [3.8, 4) is 22.3 Å². The third-order valence-electron chi connectivity index (χ3n) is 7.16. The molecule has 0 radical (unpaired) electrons. The zero-order valence-electron chi connectivity index (χ0n) is 18.6. The number of nitrogens with two attached hydrogens (primary N) is 1. The molecular weight excluding hydrogens is 400 g/mol. The summed E-state index contributed by atoms with van der Waals surface area (Å²) in [5.41, 5.74) is 12.5. The van der Waals surface area contributed by atoms with E-state index in [1.807, 2.05) is 36.4 Å². The van der Waals surface area contributed by atoms with Crippen molar-refractivity contribution in [1.82, 2.24) is 29.3 Å². The number of aromatic nitrogens is 5. The number of nitrogen functional groups attached to an aromatic ring is 1. The number of hydrogen-bond donors (Lipinski definition) is 1. The Bertz CT molecular complexity index is 1270. The van der Waals surface area contributed by atoms with E-state index in [9.17, 15) is 0 Å². The number of rotatable bonds is 3. The van der Waals surface area contributed by atoms with Crippen LogP contribution in [0.1, 0.15) is 12.8 Å². The van der Waals surface area contributed by atoms with Gasteiger partial charge in [-0.05, 0) is 51.2 Å². The average molecular weight is 429 g/mol. The Morgan fingerprint density at radius 2 is 1.72 bits per heavy atom. The lowest BCUT2D eigenvalue weighted by atomic mass is 9.72. The predicted molar refractivity (Wildman–Crippen MR) is 126 cm³/mol. The third-order valence-corrected chi connectivity index (χ3v) is 7.16.